The quantitative estimate of drug-likeness (QED) is 0.314. The third-order valence-electron chi connectivity index (χ3n) is 6.54. The van der Waals surface area contributed by atoms with Crippen LogP contribution < -0.4 is 14.4 Å². The molecule has 1 aliphatic heterocycles. The van der Waals surface area contributed by atoms with E-state index in [0.29, 0.717) is 24.5 Å². The lowest BCUT2D eigenvalue weighted by Crippen LogP contribution is -2.37. The van der Waals surface area contributed by atoms with E-state index < -0.39 is 0 Å². The van der Waals surface area contributed by atoms with Gasteiger partial charge in [0, 0.05) is 24.6 Å². The molecular formula is C30H29NO3. The van der Waals surface area contributed by atoms with E-state index in [4.69, 9.17) is 9.47 Å². The van der Waals surface area contributed by atoms with E-state index in [0.717, 1.165) is 29.8 Å². The molecule has 172 valence electrons. The summed E-state index contributed by atoms with van der Waals surface area (Å²) in [4.78, 5) is 15.2. The summed E-state index contributed by atoms with van der Waals surface area (Å²) in [6, 6.07) is 28.8. The molecule has 1 heterocycles. The lowest BCUT2D eigenvalue weighted by atomic mass is 9.81. The minimum atomic E-state index is -0.0428. The second-order valence-electron chi connectivity index (χ2n) is 8.71. The van der Waals surface area contributed by atoms with Crippen molar-refractivity contribution in [1.82, 2.24) is 0 Å². The Morgan fingerprint density at radius 3 is 2.50 bits per heavy atom. The Hall–Kier alpha value is -3.79. The predicted octanol–water partition coefficient (Wildman–Crippen LogP) is 6.71. The van der Waals surface area contributed by atoms with Gasteiger partial charge in [0.2, 0.25) is 5.91 Å². The van der Waals surface area contributed by atoms with Crippen LogP contribution in [-0.4, -0.2) is 19.6 Å². The number of carbonyl (C=O) groups excluding carboxylic acids is 1. The first-order valence-electron chi connectivity index (χ1n) is 11.9. The van der Waals surface area contributed by atoms with Gasteiger partial charge < -0.3 is 14.4 Å². The van der Waals surface area contributed by atoms with Crippen molar-refractivity contribution >= 4 is 22.4 Å². The van der Waals surface area contributed by atoms with Crippen molar-refractivity contribution < 1.29 is 14.3 Å². The number of ether oxygens (including phenoxy) is 2. The molecule has 0 saturated heterocycles. The molecule has 4 heteroatoms. The monoisotopic (exact) mass is 451 g/mol. The number of carbonyl (C=O) groups is 1. The Balaban J connectivity index is 1.55. The first-order valence-corrected chi connectivity index (χ1v) is 11.9. The largest absolute Gasteiger partial charge is 0.493 e. The van der Waals surface area contributed by atoms with Crippen LogP contribution in [0.3, 0.4) is 0 Å². The van der Waals surface area contributed by atoms with Crippen LogP contribution in [-0.2, 0) is 11.4 Å². The van der Waals surface area contributed by atoms with Crippen LogP contribution in [0.2, 0.25) is 0 Å². The number of amides is 1. The normalized spacial score (nSPS) is 15.3. The number of methoxy groups -OCH3 is 1. The highest BCUT2D eigenvalue weighted by atomic mass is 16.5. The molecule has 4 aromatic rings. The van der Waals surface area contributed by atoms with Gasteiger partial charge in [0.25, 0.3) is 0 Å². The Labute approximate surface area is 200 Å². The molecule has 0 radical (unpaired) electrons. The number of benzene rings is 4. The van der Waals surface area contributed by atoms with Crippen LogP contribution in [0.1, 0.15) is 42.4 Å². The molecule has 1 amide bonds. The Morgan fingerprint density at radius 2 is 1.71 bits per heavy atom. The van der Waals surface area contributed by atoms with E-state index >= 15 is 0 Å². The first-order chi connectivity index (χ1) is 16.7. The number of anilines is 1. The number of rotatable bonds is 7. The van der Waals surface area contributed by atoms with Crippen LogP contribution in [0.25, 0.3) is 10.8 Å². The molecule has 34 heavy (non-hydrogen) atoms. The summed E-state index contributed by atoms with van der Waals surface area (Å²) in [6.07, 6.45) is 1.36. The molecule has 1 aliphatic rings. The molecule has 0 aliphatic carbocycles. The van der Waals surface area contributed by atoms with Gasteiger partial charge in [-0.3, -0.25) is 4.79 Å². The van der Waals surface area contributed by atoms with Crippen LogP contribution in [0.4, 0.5) is 5.69 Å². The van der Waals surface area contributed by atoms with Crippen molar-refractivity contribution in [3.8, 4) is 11.5 Å². The standard InChI is InChI=1S/C30H29NO3/c1-3-17-31-26-15-13-22-11-7-8-12-24(22)30(26)25(19-29(31)32)23-14-16-27(28(18-23)33-2)34-20-21-9-5-4-6-10-21/h4-16,18,25H,3,17,19-20H2,1-2H3. The first kappa shape index (κ1) is 22.0. The molecule has 4 aromatic carbocycles. The van der Waals surface area contributed by atoms with Gasteiger partial charge in [-0.05, 0) is 52.1 Å². The van der Waals surface area contributed by atoms with E-state index in [2.05, 4.69) is 49.4 Å². The van der Waals surface area contributed by atoms with Gasteiger partial charge in [-0.2, -0.15) is 0 Å². The lowest BCUT2D eigenvalue weighted by Gasteiger charge is -2.35. The van der Waals surface area contributed by atoms with Gasteiger partial charge in [-0.15, -0.1) is 0 Å². The fourth-order valence-electron chi connectivity index (χ4n) is 4.92. The van der Waals surface area contributed by atoms with Crippen molar-refractivity contribution in [3.05, 3.63) is 102 Å². The predicted molar refractivity (Wildman–Crippen MR) is 137 cm³/mol. The fraction of sp³-hybridized carbons (Fsp3) is 0.233. The highest BCUT2D eigenvalue weighted by molar-refractivity contribution is 6.03. The van der Waals surface area contributed by atoms with Gasteiger partial charge in [0.05, 0.1) is 7.11 Å². The molecule has 0 N–H and O–H groups in total. The van der Waals surface area contributed by atoms with E-state index in [-0.39, 0.29) is 11.8 Å². The molecule has 0 bridgehead atoms. The second kappa shape index (κ2) is 9.60. The lowest BCUT2D eigenvalue weighted by molar-refractivity contribution is -0.119. The zero-order chi connectivity index (χ0) is 23.5. The molecule has 4 nitrogen and oxygen atoms in total. The van der Waals surface area contributed by atoms with Gasteiger partial charge in [-0.1, -0.05) is 73.7 Å². The van der Waals surface area contributed by atoms with Crippen molar-refractivity contribution in [1.29, 1.82) is 0 Å². The summed E-state index contributed by atoms with van der Waals surface area (Å²) in [5, 5.41) is 2.38. The van der Waals surface area contributed by atoms with Crippen molar-refractivity contribution in [3.63, 3.8) is 0 Å². The minimum absolute atomic E-state index is 0.0428. The molecule has 1 atom stereocenters. The summed E-state index contributed by atoms with van der Waals surface area (Å²) < 4.78 is 11.8. The van der Waals surface area contributed by atoms with Crippen molar-refractivity contribution in [2.24, 2.45) is 0 Å². The van der Waals surface area contributed by atoms with Crippen molar-refractivity contribution in [2.45, 2.75) is 32.3 Å². The van der Waals surface area contributed by atoms with Gasteiger partial charge in [0.15, 0.2) is 11.5 Å². The number of hydrogen-bond acceptors (Lipinski definition) is 3. The molecule has 0 spiro atoms. The average Bonchev–Trinajstić information content (AvgIpc) is 2.89. The van der Waals surface area contributed by atoms with Crippen LogP contribution in [0.5, 0.6) is 11.5 Å². The second-order valence-corrected chi connectivity index (χ2v) is 8.71. The smallest absolute Gasteiger partial charge is 0.227 e. The van der Waals surface area contributed by atoms with Crippen LogP contribution >= 0.6 is 0 Å². The Morgan fingerprint density at radius 1 is 0.912 bits per heavy atom. The maximum absolute atomic E-state index is 13.2. The highest BCUT2D eigenvalue weighted by Crippen LogP contribution is 2.45. The zero-order valence-electron chi connectivity index (χ0n) is 19.7. The van der Waals surface area contributed by atoms with E-state index in [1.807, 2.05) is 47.4 Å². The van der Waals surface area contributed by atoms with Gasteiger partial charge in [0.1, 0.15) is 6.61 Å². The maximum Gasteiger partial charge on any atom is 0.227 e. The van der Waals surface area contributed by atoms with Crippen LogP contribution in [0, 0.1) is 0 Å². The molecule has 0 aromatic heterocycles. The van der Waals surface area contributed by atoms with Crippen molar-refractivity contribution in [2.75, 3.05) is 18.6 Å². The summed E-state index contributed by atoms with van der Waals surface area (Å²) in [6.45, 7) is 3.31. The third-order valence-corrected chi connectivity index (χ3v) is 6.54. The highest BCUT2D eigenvalue weighted by Gasteiger charge is 2.33. The summed E-state index contributed by atoms with van der Waals surface area (Å²) in [7, 11) is 1.66. The molecular weight excluding hydrogens is 422 g/mol. The Kier molecular flexibility index (Phi) is 6.22. The molecule has 1 unspecified atom stereocenters. The topological polar surface area (TPSA) is 38.8 Å². The number of nitrogens with zero attached hydrogens (tertiary/aromatic N) is 1. The van der Waals surface area contributed by atoms with Gasteiger partial charge >= 0.3 is 0 Å². The van der Waals surface area contributed by atoms with E-state index in [9.17, 15) is 4.79 Å². The molecule has 0 fully saturated rings. The fourth-order valence-corrected chi connectivity index (χ4v) is 4.92. The SMILES string of the molecule is CCCN1C(=O)CC(c2ccc(OCc3ccccc3)c(OC)c2)c2c1ccc1ccccc21. The van der Waals surface area contributed by atoms with E-state index in [1.54, 1.807) is 7.11 Å². The summed E-state index contributed by atoms with van der Waals surface area (Å²) >= 11 is 0. The average molecular weight is 452 g/mol. The maximum atomic E-state index is 13.2. The van der Waals surface area contributed by atoms with Crippen LogP contribution in [0.15, 0.2) is 84.9 Å². The Bertz CT molecular complexity index is 1320. The van der Waals surface area contributed by atoms with E-state index in [1.165, 1.54) is 16.3 Å². The zero-order valence-corrected chi connectivity index (χ0v) is 19.7. The number of fused-ring (bicyclic) bond motifs is 3. The minimum Gasteiger partial charge on any atom is -0.493 e. The summed E-state index contributed by atoms with van der Waals surface area (Å²) in [5.74, 6) is 1.50. The van der Waals surface area contributed by atoms with Gasteiger partial charge in [-0.25, -0.2) is 0 Å². The summed E-state index contributed by atoms with van der Waals surface area (Å²) in [5.41, 5.74) is 4.39. The number of hydrogen-bond donors (Lipinski definition) is 0. The molecule has 0 saturated carbocycles. The molecule has 5 rings (SSSR count). The third kappa shape index (κ3) is 4.12.